The van der Waals surface area contributed by atoms with Gasteiger partial charge in [-0.3, -0.25) is 4.79 Å². The molecule has 3 aromatic rings. The summed E-state index contributed by atoms with van der Waals surface area (Å²) < 4.78 is 32.9. The minimum absolute atomic E-state index is 0.0772. The van der Waals surface area contributed by atoms with E-state index in [1.807, 2.05) is 35.2 Å². The number of amides is 1. The molecule has 0 spiro atoms. The number of hydrogen-bond acceptors (Lipinski definition) is 4. The highest BCUT2D eigenvalue weighted by atomic mass is 19.1. The number of halogens is 2. The van der Waals surface area contributed by atoms with E-state index in [-0.39, 0.29) is 29.0 Å². The molecule has 2 heterocycles. The highest BCUT2D eigenvalue weighted by Crippen LogP contribution is 2.29. The molecule has 0 bridgehead atoms. The van der Waals surface area contributed by atoms with E-state index in [0.717, 1.165) is 43.6 Å². The summed E-state index contributed by atoms with van der Waals surface area (Å²) in [5.41, 5.74) is 1.26. The standard InChI is InChI=1S/C28H31F2N3O2/c29-21-11-12-24(25(30)17-21)27-18-26(31-35-27)28(34)33(19-20-7-3-1-4-8-20)23-13-15-32(16-14-23)22-9-5-2-6-10-22/h1,3-4,7-8,11-12,17-18,22-23H,2,5-6,9-10,13-16,19H2. The van der Waals surface area contributed by atoms with Gasteiger partial charge in [-0.1, -0.05) is 54.8 Å². The van der Waals surface area contributed by atoms with Crippen molar-refractivity contribution in [3.8, 4) is 11.3 Å². The summed E-state index contributed by atoms with van der Waals surface area (Å²) in [6, 6.07) is 15.4. The Morgan fingerprint density at radius 1 is 0.971 bits per heavy atom. The molecule has 2 fully saturated rings. The first-order valence-electron chi connectivity index (χ1n) is 12.6. The van der Waals surface area contributed by atoms with Gasteiger partial charge in [0.2, 0.25) is 0 Å². The lowest BCUT2D eigenvalue weighted by Crippen LogP contribution is -2.50. The summed E-state index contributed by atoms with van der Waals surface area (Å²) in [4.78, 5) is 18.1. The number of benzene rings is 2. The minimum Gasteiger partial charge on any atom is -0.355 e. The zero-order valence-electron chi connectivity index (χ0n) is 19.8. The average molecular weight is 480 g/mol. The van der Waals surface area contributed by atoms with E-state index in [0.29, 0.717) is 12.6 Å². The van der Waals surface area contributed by atoms with Gasteiger partial charge >= 0.3 is 0 Å². The number of hydrogen-bond donors (Lipinski definition) is 0. The monoisotopic (exact) mass is 479 g/mol. The molecule has 1 amide bonds. The highest BCUT2D eigenvalue weighted by Gasteiger charge is 2.33. The molecule has 2 aliphatic rings. The van der Waals surface area contributed by atoms with Crippen molar-refractivity contribution in [2.75, 3.05) is 13.1 Å². The number of piperidine rings is 1. The molecule has 7 heteroatoms. The Morgan fingerprint density at radius 2 is 1.71 bits per heavy atom. The van der Waals surface area contributed by atoms with E-state index in [4.69, 9.17) is 4.52 Å². The molecular weight excluding hydrogens is 448 g/mol. The quantitative estimate of drug-likeness (QED) is 0.431. The Balaban J connectivity index is 1.34. The topological polar surface area (TPSA) is 49.6 Å². The molecule has 5 rings (SSSR count). The first kappa shape index (κ1) is 23.7. The van der Waals surface area contributed by atoms with Crippen molar-refractivity contribution >= 4 is 5.91 Å². The third-order valence-corrected chi connectivity index (χ3v) is 7.41. The fraction of sp³-hybridized carbons (Fsp3) is 0.429. The van der Waals surface area contributed by atoms with Crippen LogP contribution in [0.4, 0.5) is 8.78 Å². The number of likely N-dealkylation sites (tertiary alicyclic amines) is 1. The first-order valence-corrected chi connectivity index (χ1v) is 12.6. The molecule has 5 nitrogen and oxygen atoms in total. The maximum Gasteiger partial charge on any atom is 0.276 e. The molecule has 0 radical (unpaired) electrons. The van der Waals surface area contributed by atoms with Gasteiger partial charge < -0.3 is 14.3 Å². The fourth-order valence-corrected chi connectivity index (χ4v) is 5.50. The van der Waals surface area contributed by atoms with Gasteiger partial charge in [0.25, 0.3) is 5.91 Å². The normalized spacial score (nSPS) is 18.0. The van der Waals surface area contributed by atoms with Crippen LogP contribution in [0.25, 0.3) is 11.3 Å². The Labute approximate surface area is 204 Å². The van der Waals surface area contributed by atoms with Crippen LogP contribution in [0.1, 0.15) is 61.0 Å². The molecule has 1 aliphatic heterocycles. The van der Waals surface area contributed by atoms with Crippen molar-refractivity contribution in [1.29, 1.82) is 0 Å². The van der Waals surface area contributed by atoms with Crippen LogP contribution in [-0.2, 0) is 6.54 Å². The number of aromatic nitrogens is 1. The summed E-state index contributed by atoms with van der Waals surface area (Å²) in [6.07, 6.45) is 8.34. The van der Waals surface area contributed by atoms with E-state index >= 15 is 0 Å². The third kappa shape index (κ3) is 5.45. The lowest BCUT2D eigenvalue weighted by Gasteiger charge is -2.42. The third-order valence-electron chi connectivity index (χ3n) is 7.41. The van der Waals surface area contributed by atoms with Crippen molar-refractivity contribution in [2.45, 2.75) is 63.6 Å². The van der Waals surface area contributed by atoms with Gasteiger partial charge in [0, 0.05) is 43.9 Å². The molecule has 2 aromatic carbocycles. The summed E-state index contributed by atoms with van der Waals surface area (Å²) in [7, 11) is 0. The van der Waals surface area contributed by atoms with E-state index in [9.17, 15) is 13.6 Å². The average Bonchev–Trinajstić information content (AvgIpc) is 3.38. The Kier molecular flexibility index (Phi) is 7.23. The molecule has 1 aromatic heterocycles. The van der Waals surface area contributed by atoms with Gasteiger partial charge in [-0.25, -0.2) is 8.78 Å². The van der Waals surface area contributed by atoms with Crippen LogP contribution in [-0.4, -0.2) is 46.0 Å². The predicted molar refractivity (Wildman–Crippen MR) is 130 cm³/mol. The molecule has 0 N–H and O–H groups in total. The molecular formula is C28H31F2N3O2. The smallest absolute Gasteiger partial charge is 0.276 e. The van der Waals surface area contributed by atoms with E-state index in [1.165, 1.54) is 44.2 Å². The molecule has 1 saturated heterocycles. The maximum absolute atomic E-state index is 14.2. The molecule has 35 heavy (non-hydrogen) atoms. The number of rotatable bonds is 6. The molecule has 0 unspecified atom stereocenters. The zero-order valence-corrected chi connectivity index (χ0v) is 19.8. The van der Waals surface area contributed by atoms with Crippen molar-refractivity contribution in [3.05, 3.63) is 77.5 Å². The van der Waals surface area contributed by atoms with Crippen molar-refractivity contribution < 1.29 is 18.1 Å². The van der Waals surface area contributed by atoms with Crippen molar-refractivity contribution in [3.63, 3.8) is 0 Å². The van der Waals surface area contributed by atoms with Gasteiger partial charge in [-0.05, 0) is 43.4 Å². The largest absolute Gasteiger partial charge is 0.355 e. The van der Waals surface area contributed by atoms with Gasteiger partial charge in [0.1, 0.15) is 11.6 Å². The highest BCUT2D eigenvalue weighted by molar-refractivity contribution is 5.93. The molecule has 0 atom stereocenters. The number of carbonyl (C=O) groups is 1. The zero-order chi connectivity index (χ0) is 24.2. The van der Waals surface area contributed by atoms with Crippen LogP contribution in [0.3, 0.4) is 0 Å². The summed E-state index contributed by atoms with van der Waals surface area (Å²) >= 11 is 0. The first-order chi connectivity index (χ1) is 17.1. The van der Waals surface area contributed by atoms with Crippen LogP contribution < -0.4 is 0 Å². The summed E-state index contributed by atoms with van der Waals surface area (Å²) in [5, 5.41) is 3.96. The van der Waals surface area contributed by atoms with Crippen LogP contribution in [0.15, 0.2) is 59.1 Å². The fourth-order valence-electron chi connectivity index (χ4n) is 5.50. The Hall–Kier alpha value is -3.06. The van der Waals surface area contributed by atoms with Gasteiger partial charge in [-0.2, -0.15) is 0 Å². The predicted octanol–water partition coefficient (Wildman–Crippen LogP) is 6.06. The number of nitrogens with zero attached hydrogens (tertiary/aromatic N) is 3. The number of carbonyl (C=O) groups excluding carboxylic acids is 1. The van der Waals surface area contributed by atoms with Crippen LogP contribution >= 0.6 is 0 Å². The molecule has 1 aliphatic carbocycles. The van der Waals surface area contributed by atoms with Crippen molar-refractivity contribution in [1.82, 2.24) is 15.0 Å². The second kappa shape index (κ2) is 10.7. The van der Waals surface area contributed by atoms with Gasteiger partial charge in [0.05, 0.1) is 5.56 Å². The maximum atomic E-state index is 14.2. The summed E-state index contributed by atoms with van der Waals surface area (Å²) in [5.74, 6) is -1.55. The van der Waals surface area contributed by atoms with Crippen LogP contribution in [0.2, 0.25) is 0 Å². The van der Waals surface area contributed by atoms with Crippen LogP contribution in [0, 0.1) is 11.6 Å². The van der Waals surface area contributed by atoms with E-state index < -0.39 is 11.6 Å². The van der Waals surface area contributed by atoms with E-state index in [1.54, 1.807) is 0 Å². The van der Waals surface area contributed by atoms with Crippen molar-refractivity contribution in [2.24, 2.45) is 0 Å². The second-order valence-electron chi connectivity index (χ2n) is 9.68. The van der Waals surface area contributed by atoms with Gasteiger partial charge in [0.15, 0.2) is 11.5 Å². The molecule has 1 saturated carbocycles. The molecule has 184 valence electrons. The van der Waals surface area contributed by atoms with Crippen LogP contribution in [0.5, 0.6) is 0 Å². The van der Waals surface area contributed by atoms with E-state index in [2.05, 4.69) is 10.1 Å². The lowest BCUT2D eigenvalue weighted by molar-refractivity contribution is 0.0455. The van der Waals surface area contributed by atoms with Gasteiger partial charge in [-0.15, -0.1) is 0 Å². The minimum atomic E-state index is -0.753. The lowest BCUT2D eigenvalue weighted by atomic mass is 9.91. The summed E-state index contributed by atoms with van der Waals surface area (Å²) in [6.45, 7) is 2.44. The SMILES string of the molecule is O=C(c1cc(-c2ccc(F)cc2F)on1)N(Cc1ccccc1)C1CCN(C2CCCCC2)CC1. The Morgan fingerprint density at radius 3 is 2.43 bits per heavy atom. The Bertz CT molecular complexity index is 1140. The second-order valence-corrected chi connectivity index (χ2v) is 9.68.